The fraction of sp³-hybridized carbons (Fsp3) is 0.750. The van der Waals surface area contributed by atoms with Crippen LogP contribution in [0, 0.1) is 0 Å². The van der Waals surface area contributed by atoms with Crippen molar-refractivity contribution in [3.63, 3.8) is 0 Å². The smallest absolute Gasteiger partial charge is 0.324 e. The molecule has 0 spiro atoms. The summed E-state index contributed by atoms with van der Waals surface area (Å²) in [4.78, 5) is 21.8. The molecule has 1 amide bonds. The fourth-order valence-corrected chi connectivity index (χ4v) is 0.593. The van der Waals surface area contributed by atoms with Gasteiger partial charge in [-0.15, -0.1) is 0 Å². The van der Waals surface area contributed by atoms with Crippen molar-refractivity contribution in [2.45, 2.75) is 31.5 Å². The minimum atomic E-state index is -0.704. The van der Waals surface area contributed by atoms with Crippen molar-refractivity contribution in [2.75, 3.05) is 6.73 Å². The highest BCUT2D eigenvalue weighted by Crippen LogP contribution is 2.16. The fourth-order valence-electron chi connectivity index (χ4n) is 0.479. The van der Waals surface area contributed by atoms with Crippen LogP contribution in [0.2, 0.25) is 0 Å². The van der Waals surface area contributed by atoms with E-state index in [2.05, 4.69) is 21.2 Å². The van der Waals surface area contributed by atoms with Crippen molar-refractivity contribution in [3.05, 3.63) is 0 Å². The van der Waals surface area contributed by atoms with E-state index in [1.807, 2.05) is 0 Å². The number of esters is 1. The molecule has 0 saturated carbocycles. The first-order valence-electron chi connectivity index (χ1n) is 4.00. The van der Waals surface area contributed by atoms with E-state index in [4.69, 9.17) is 4.74 Å². The van der Waals surface area contributed by atoms with Crippen molar-refractivity contribution in [2.24, 2.45) is 0 Å². The maximum absolute atomic E-state index is 11.1. The number of hydrogen-bond donors (Lipinski definition) is 1. The Balaban J connectivity index is 3.67. The number of ether oxygens (including phenoxy) is 1. The highest BCUT2D eigenvalue weighted by atomic mass is 79.9. The topological polar surface area (TPSA) is 55.4 Å². The molecular weight excluding hydrogens is 238 g/mol. The van der Waals surface area contributed by atoms with Gasteiger partial charge in [0, 0.05) is 6.42 Å². The first-order chi connectivity index (χ1) is 5.88. The van der Waals surface area contributed by atoms with E-state index in [9.17, 15) is 9.59 Å². The van der Waals surface area contributed by atoms with Crippen LogP contribution in [0.3, 0.4) is 0 Å². The minimum absolute atomic E-state index is 0.0689. The van der Waals surface area contributed by atoms with Gasteiger partial charge in [0.05, 0.1) is 0 Å². The van der Waals surface area contributed by atoms with Crippen molar-refractivity contribution >= 4 is 27.8 Å². The summed E-state index contributed by atoms with van der Waals surface area (Å²) in [6, 6.07) is 0. The quantitative estimate of drug-likeness (QED) is 0.464. The summed E-state index contributed by atoms with van der Waals surface area (Å²) in [5, 5.41) is 2.43. The van der Waals surface area contributed by atoms with Crippen LogP contribution in [0.1, 0.15) is 27.2 Å². The van der Waals surface area contributed by atoms with E-state index in [1.54, 1.807) is 20.8 Å². The predicted octanol–water partition coefficient (Wildman–Crippen LogP) is 1.19. The van der Waals surface area contributed by atoms with Crippen molar-refractivity contribution in [1.29, 1.82) is 0 Å². The molecule has 0 aliphatic carbocycles. The Morgan fingerprint density at radius 3 is 2.38 bits per heavy atom. The third kappa shape index (κ3) is 5.63. The molecule has 0 aromatic rings. The lowest BCUT2D eigenvalue weighted by molar-refractivity contribution is -0.147. The monoisotopic (exact) mass is 251 g/mol. The van der Waals surface area contributed by atoms with Crippen LogP contribution >= 0.6 is 15.9 Å². The van der Waals surface area contributed by atoms with Crippen LogP contribution in [-0.4, -0.2) is 22.9 Å². The Hall–Kier alpha value is -0.580. The maximum atomic E-state index is 11.1. The van der Waals surface area contributed by atoms with Crippen molar-refractivity contribution in [1.82, 2.24) is 5.32 Å². The van der Waals surface area contributed by atoms with Gasteiger partial charge < -0.3 is 10.1 Å². The average molecular weight is 252 g/mol. The maximum Gasteiger partial charge on any atom is 0.324 e. The van der Waals surface area contributed by atoms with Gasteiger partial charge in [0.1, 0.15) is 4.32 Å². The Labute approximate surface area is 86.1 Å². The first kappa shape index (κ1) is 12.4. The Morgan fingerprint density at radius 1 is 1.46 bits per heavy atom. The van der Waals surface area contributed by atoms with Crippen LogP contribution in [0.15, 0.2) is 0 Å². The van der Waals surface area contributed by atoms with E-state index in [0.717, 1.165) is 0 Å². The molecule has 0 aliphatic rings. The lowest BCUT2D eigenvalue weighted by Gasteiger charge is -2.14. The highest BCUT2D eigenvalue weighted by Gasteiger charge is 2.25. The standard InChI is InChI=1S/C8H14BrNO3/c1-4-6(11)10-5-13-7(12)8(2,3)9/h4-5H2,1-3H3,(H,10,11). The van der Waals surface area contributed by atoms with Crippen LogP contribution < -0.4 is 5.32 Å². The molecule has 0 atom stereocenters. The molecule has 5 heteroatoms. The summed E-state index contributed by atoms with van der Waals surface area (Å²) in [5.74, 6) is -0.538. The normalized spacial score (nSPS) is 10.8. The van der Waals surface area contributed by atoms with Gasteiger partial charge in [-0.3, -0.25) is 9.59 Å². The lowest BCUT2D eigenvalue weighted by Crippen LogP contribution is -2.33. The average Bonchev–Trinajstić information content (AvgIpc) is 2.02. The number of amides is 1. The molecule has 0 bridgehead atoms. The SMILES string of the molecule is CCC(=O)NCOC(=O)C(C)(C)Br. The van der Waals surface area contributed by atoms with E-state index in [1.165, 1.54) is 0 Å². The third-order valence-corrected chi connectivity index (χ3v) is 1.60. The Morgan fingerprint density at radius 2 is 2.00 bits per heavy atom. The third-order valence-electron chi connectivity index (χ3n) is 1.28. The zero-order valence-corrected chi connectivity index (χ0v) is 9.60. The molecule has 0 aromatic heterocycles. The highest BCUT2D eigenvalue weighted by molar-refractivity contribution is 9.10. The van der Waals surface area contributed by atoms with Gasteiger partial charge in [-0.25, -0.2) is 0 Å². The number of halogens is 1. The second kappa shape index (κ2) is 5.21. The predicted molar refractivity (Wildman–Crippen MR) is 52.4 cm³/mol. The van der Waals surface area contributed by atoms with E-state index in [-0.39, 0.29) is 12.6 Å². The minimum Gasteiger partial charge on any atom is -0.443 e. The second-order valence-corrected chi connectivity index (χ2v) is 4.98. The van der Waals surface area contributed by atoms with Gasteiger partial charge in [0.25, 0.3) is 0 Å². The Bertz CT molecular complexity index is 198. The van der Waals surface area contributed by atoms with Gasteiger partial charge in [0.2, 0.25) is 5.91 Å². The number of nitrogens with one attached hydrogen (secondary N) is 1. The first-order valence-corrected chi connectivity index (χ1v) is 4.80. The molecule has 0 unspecified atom stereocenters. The van der Waals surface area contributed by atoms with Crippen LogP contribution in [0.5, 0.6) is 0 Å². The molecule has 13 heavy (non-hydrogen) atoms. The molecule has 0 aliphatic heterocycles. The molecule has 1 N–H and O–H groups in total. The van der Waals surface area contributed by atoms with Crippen molar-refractivity contribution < 1.29 is 14.3 Å². The summed E-state index contributed by atoms with van der Waals surface area (Å²) in [7, 11) is 0. The second-order valence-electron chi connectivity index (χ2n) is 3.00. The molecule has 0 aromatic carbocycles. The van der Waals surface area contributed by atoms with Gasteiger partial charge >= 0.3 is 5.97 Å². The molecular formula is C8H14BrNO3. The summed E-state index contributed by atoms with van der Waals surface area (Å²) >= 11 is 3.14. The molecule has 0 fully saturated rings. The van der Waals surface area contributed by atoms with Crippen LogP contribution in [0.25, 0.3) is 0 Å². The van der Waals surface area contributed by atoms with Gasteiger partial charge in [-0.1, -0.05) is 22.9 Å². The summed E-state index contributed by atoms with van der Waals surface area (Å²) in [6.07, 6.45) is 0.384. The summed E-state index contributed by atoms with van der Waals surface area (Å²) < 4.78 is 4.06. The number of rotatable bonds is 4. The molecule has 4 nitrogen and oxygen atoms in total. The molecule has 0 heterocycles. The number of hydrogen-bond acceptors (Lipinski definition) is 3. The molecule has 76 valence electrons. The van der Waals surface area contributed by atoms with Crippen LogP contribution in [0.4, 0.5) is 0 Å². The van der Waals surface area contributed by atoms with Gasteiger partial charge in [-0.2, -0.15) is 0 Å². The molecule has 0 saturated heterocycles. The molecule has 0 rings (SSSR count). The largest absolute Gasteiger partial charge is 0.443 e. The summed E-state index contributed by atoms with van der Waals surface area (Å²) in [6.45, 7) is 5.01. The van der Waals surface area contributed by atoms with Gasteiger partial charge in [0.15, 0.2) is 6.73 Å². The zero-order chi connectivity index (χ0) is 10.5. The number of carbonyl (C=O) groups excluding carboxylic acids is 2. The lowest BCUT2D eigenvalue weighted by atomic mass is 10.2. The van der Waals surface area contributed by atoms with Crippen LogP contribution in [-0.2, 0) is 14.3 Å². The van der Waals surface area contributed by atoms with E-state index in [0.29, 0.717) is 6.42 Å². The number of carbonyl (C=O) groups is 2. The van der Waals surface area contributed by atoms with Crippen molar-refractivity contribution in [3.8, 4) is 0 Å². The summed E-state index contributed by atoms with van der Waals surface area (Å²) in [5.41, 5.74) is 0. The van der Waals surface area contributed by atoms with E-state index >= 15 is 0 Å². The Kier molecular flexibility index (Phi) is 4.98. The van der Waals surface area contributed by atoms with Gasteiger partial charge in [-0.05, 0) is 13.8 Å². The van der Waals surface area contributed by atoms with E-state index < -0.39 is 10.3 Å². The molecule has 0 radical (unpaired) electrons. The zero-order valence-electron chi connectivity index (χ0n) is 8.02. The number of alkyl halides is 1.